The van der Waals surface area contributed by atoms with Crippen LogP contribution in [0.3, 0.4) is 0 Å². The molecule has 2 aromatic rings. The van der Waals surface area contributed by atoms with Crippen LogP contribution in [0.25, 0.3) is 0 Å². The molecule has 1 aromatic carbocycles. The number of hydrogen-bond acceptors (Lipinski definition) is 3. The van der Waals surface area contributed by atoms with Gasteiger partial charge in [-0.1, -0.05) is 6.07 Å². The van der Waals surface area contributed by atoms with Crippen LogP contribution in [0, 0.1) is 11.6 Å². The van der Waals surface area contributed by atoms with Gasteiger partial charge in [0.25, 0.3) is 0 Å². The smallest absolute Gasteiger partial charge is 0.132 e. The molecule has 0 fully saturated rings. The number of rotatable bonds is 2. The van der Waals surface area contributed by atoms with Gasteiger partial charge in [0.2, 0.25) is 0 Å². The van der Waals surface area contributed by atoms with Crippen molar-refractivity contribution < 1.29 is 13.9 Å². The molecule has 0 radical (unpaired) electrons. The minimum atomic E-state index is -1.14. The highest BCUT2D eigenvalue weighted by Gasteiger charge is 2.19. The molecular weight excluding hydrogens is 300 g/mol. The van der Waals surface area contributed by atoms with Gasteiger partial charge in [-0.15, -0.1) is 11.3 Å². The lowest BCUT2D eigenvalue weighted by Gasteiger charge is -2.10. The van der Waals surface area contributed by atoms with Gasteiger partial charge in [0.05, 0.1) is 10.4 Å². The molecule has 16 heavy (non-hydrogen) atoms. The summed E-state index contributed by atoms with van der Waals surface area (Å²) in [6.07, 6.45) is -1.14. The third kappa shape index (κ3) is 2.14. The standard InChI is InChI=1S/C10H6BrF2NOS/c11-10-9(16-4-14-10)8(15)6-2-1-5(12)3-7(6)13/h1-4,8,15H. The first-order valence-electron chi connectivity index (χ1n) is 4.31. The average molecular weight is 306 g/mol. The monoisotopic (exact) mass is 305 g/mol. The average Bonchev–Trinajstić information content (AvgIpc) is 2.63. The molecule has 0 aliphatic carbocycles. The number of halogens is 3. The number of hydrogen-bond donors (Lipinski definition) is 1. The van der Waals surface area contributed by atoms with Crippen molar-refractivity contribution in [2.24, 2.45) is 0 Å². The summed E-state index contributed by atoms with van der Waals surface area (Å²) in [4.78, 5) is 4.38. The SMILES string of the molecule is OC(c1ccc(F)cc1F)c1scnc1Br. The summed E-state index contributed by atoms with van der Waals surface area (Å²) in [7, 11) is 0. The van der Waals surface area contributed by atoms with Crippen molar-refractivity contribution in [1.29, 1.82) is 0 Å². The van der Waals surface area contributed by atoms with Crippen molar-refractivity contribution >= 4 is 27.3 Å². The van der Waals surface area contributed by atoms with Crippen LogP contribution in [0.5, 0.6) is 0 Å². The molecule has 6 heteroatoms. The van der Waals surface area contributed by atoms with Crippen LogP contribution in [0.2, 0.25) is 0 Å². The van der Waals surface area contributed by atoms with Gasteiger partial charge in [-0.2, -0.15) is 0 Å². The zero-order valence-electron chi connectivity index (χ0n) is 7.82. The lowest BCUT2D eigenvalue weighted by Crippen LogP contribution is -2.01. The summed E-state index contributed by atoms with van der Waals surface area (Å²) in [5.41, 5.74) is 1.57. The van der Waals surface area contributed by atoms with Crippen molar-refractivity contribution in [1.82, 2.24) is 4.98 Å². The van der Waals surface area contributed by atoms with Crippen LogP contribution in [0.15, 0.2) is 28.3 Å². The van der Waals surface area contributed by atoms with E-state index >= 15 is 0 Å². The lowest BCUT2D eigenvalue weighted by atomic mass is 10.1. The zero-order chi connectivity index (χ0) is 11.7. The number of aliphatic hydroxyl groups is 1. The van der Waals surface area contributed by atoms with Gasteiger partial charge in [0.15, 0.2) is 0 Å². The predicted octanol–water partition coefficient (Wildman–Crippen LogP) is 3.27. The number of aliphatic hydroxyl groups excluding tert-OH is 1. The molecule has 0 spiro atoms. The van der Waals surface area contributed by atoms with Crippen LogP contribution < -0.4 is 0 Å². The van der Waals surface area contributed by atoms with Crippen LogP contribution in [-0.4, -0.2) is 10.1 Å². The van der Waals surface area contributed by atoms with E-state index in [1.807, 2.05) is 0 Å². The Hall–Kier alpha value is -0.850. The normalized spacial score (nSPS) is 12.8. The second kappa shape index (κ2) is 4.57. The van der Waals surface area contributed by atoms with E-state index in [1.165, 1.54) is 22.9 Å². The molecular formula is C10H6BrF2NOS. The number of benzene rings is 1. The van der Waals surface area contributed by atoms with Crippen molar-refractivity contribution in [3.05, 3.63) is 50.4 Å². The second-order valence-electron chi connectivity index (χ2n) is 3.08. The van der Waals surface area contributed by atoms with Crippen molar-refractivity contribution in [2.45, 2.75) is 6.10 Å². The van der Waals surface area contributed by atoms with Crippen molar-refractivity contribution in [3.8, 4) is 0 Å². The molecule has 2 rings (SSSR count). The first-order valence-corrected chi connectivity index (χ1v) is 5.98. The zero-order valence-corrected chi connectivity index (χ0v) is 10.2. The lowest BCUT2D eigenvalue weighted by molar-refractivity contribution is 0.217. The van der Waals surface area contributed by atoms with E-state index in [4.69, 9.17) is 0 Å². The molecule has 0 saturated carbocycles. The van der Waals surface area contributed by atoms with E-state index in [9.17, 15) is 13.9 Å². The van der Waals surface area contributed by atoms with E-state index in [1.54, 1.807) is 0 Å². The number of nitrogens with zero attached hydrogens (tertiary/aromatic N) is 1. The van der Waals surface area contributed by atoms with Gasteiger partial charge < -0.3 is 5.11 Å². The Morgan fingerprint density at radius 3 is 2.69 bits per heavy atom. The van der Waals surface area contributed by atoms with E-state index in [0.717, 1.165) is 12.1 Å². The molecule has 0 aliphatic heterocycles. The first-order chi connectivity index (χ1) is 7.59. The molecule has 0 saturated heterocycles. The minimum Gasteiger partial charge on any atom is -0.383 e. The third-order valence-corrected chi connectivity index (χ3v) is 3.83. The van der Waals surface area contributed by atoms with Crippen LogP contribution in [-0.2, 0) is 0 Å². The molecule has 1 aromatic heterocycles. The van der Waals surface area contributed by atoms with Crippen molar-refractivity contribution in [2.75, 3.05) is 0 Å². The van der Waals surface area contributed by atoms with Gasteiger partial charge in [-0.3, -0.25) is 0 Å². The maximum Gasteiger partial charge on any atom is 0.132 e. The van der Waals surface area contributed by atoms with Crippen LogP contribution in [0.4, 0.5) is 8.78 Å². The van der Waals surface area contributed by atoms with Crippen LogP contribution in [0.1, 0.15) is 16.5 Å². The Morgan fingerprint density at radius 1 is 1.38 bits per heavy atom. The summed E-state index contributed by atoms with van der Waals surface area (Å²) in [6, 6.07) is 3.07. The van der Waals surface area contributed by atoms with E-state index in [2.05, 4.69) is 20.9 Å². The third-order valence-electron chi connectivity index (χ3n) is 2.05. The highest BCUT2D eigenvalue weighted by molar-refractivity contribution is 9.10. The topological polar surface area (TPSA) is 33.1 Å². The summed E-state index contributed by atoms with van der Waals surface area (Å²) >= 11 is 4.34. The van der Waals surface area contributed by atoms with Crippen molar-refractivity contribution in [3.63, 3.8) is 0 Å². The number of thiazole rings is 1. The molecule has 0 amide bonds. The largest absolute Gasteiger partial charge is 0.383 e. The van der Waals surface area contributed by atoms with Gasteiger partial charge in [-0.05, 0) is 22.0 Å². The van der Waals surface area contributed by atoms with E-state index in [0.29, 0.717) is 9.48 Å². The first kappa shape index (κ1) is 11.6. The fraction of sp³-hybridized carbons (Fsp3) is 0.100. The predicted molar refractivity (Wildman–Crippen MR) is 60.2 cm³/mol. The molecule has 2 nitrogen and oxygen atoms in total. The van der Waals surface area contributed by atoms with Gasteiger partial charge in [0, 0.05) is 11.6 Å². The fourth-order valence-corrected chi connectivity index (χ4v) is 2.70. The molecule has 0 bridgehead atoms. The Morgan fingerprint density at radius 2 is 2.12 bits per heavy atom. The van der Waals surface area contributed by atoms with Crippen LogP contribution >= 0.6 is 27.3 Å². The Balaban J connectivity index is 2.41. The summed E-state index contributed by atoms with van der Waals surface area (Å²) in [5, 5.41) is 9.91. The maximum atomic E-state index is 13.4. The van der Waals surface area contributed by atoms with E-state index in [-0.39, 0.29) is 5.56 Å². The second-order valence-corrected chi connectivity index (χ2v) is 4.71. The Bertz CT molecular complexity index is 517. The molecule has 1 atom stereocenters. The van der Waals surface area contributed by atoms with E-state index < -0.39 is 17.7 Å². The molecule has 1 heterocycles. The van der Waals surface area contributed by atoms with Gasteiger partial charge >= 0.3 is 0 Å². The minimum absolute atomic E-state index is 0.0337. The Labute approximate surface area is 103 Å². The maximum absolute atomic E-state index is 13.4. The molecule has 1 unspecified atom stereocenters. The van der Waals surface area contributed by atoms with Gasteiger partial charge in [-0.25, -0.2) is 13.8 Å². The molecule has 1 N–H and O–H groups in total. The molecule has 0 aliphatic rings. The van der Waals surface area contributed by atoms with Gasteiger partial charge in [0.1, 0.15) is 22.3 Å². The summed E-state index contributed by atoms with van der Waals surface area (Å²) < 4.78 is 26.6. The highest BCUT2D eigenvalue weighted by Crippen LogP contribution is 2.32. The quantitative estimate of drug-likeness (QED) is 0.924. The fourth-order valence-electron chi connectivity index (χ4n) is 1.28. The summed E-state index contributed by atoms with van der Waals surface area (Å²) in [5.74, 6) is -1.44. The Kier molecular flexibility index (Phi) is 3.32. The summed E-state index contributed by atoms with van der Waals surface area (Å²) in [6.45, 7) is 0. The number of aromatic nitrogens is 1. The highest BCUT2D eigenvalue weighted by atomic mass is 79.9. The molecule has 84 valence electrons.